The molecule has 0 amide bonds. The molecule has 0 bridgehead atoms. The van der Waals surface area contributed by atoms with Gasteiger partial charge in [-0.25, -0.2) is 0 Å². The van der Waals surface area contributed by atoms with Crippen LogP contribution in [-0.2, 0) is 6.42 Å². The second-order valence-electron chi connectivity index (χ2n) is 5.11. The average Bonchev–Trinajstić information content (AvgIpc) is 2.42. The number of nitrogens with one attached hydrogen (secondary N) is 1. The second kappa shape index (κ2) is 7.26. The summed E-state index contributed by atoms with van der Waals surface area (Å²) in [6.07, 6.45) is 0.940. The summed E-state index contributed by atoms with van der Waals surface area (Å²) in [5.74, 6) is 0.430. The van der Waals surface area contributed by atoms with Gasteiger partial charge in [-0.15, -0.1) is 0 Å². The van der Waals surface area contributed by atoms with Gasteiger partial charge in [0.2, 0.25) is 0 Å². The third-order valence-corrected chi connectivity index (χ3v) is 4.33. The molecule has 1 nitrogen and oxygen atoms in total. The van der Waals surface area contributed by atoms with Crippen LogP contribution in [0.5, 0.6) is 0 Å². The Morgan fingerprint density at radius 3 is 2.45 bits per heavy atom. The number of hydrogen-bond donors (Lipinski definition) is 1. The van der Waals surface area contributed by atoms with Crippen molar-refractivity contribution in [2.75, 3.05) is 13.6 Å². The minimum atomic E-state index is 0.430. The summed E-state index contributed by atoms with van der Waals surface area (Å²) in [7, 11) is 1.99. The van der Waals surface area contributed by atoms with Crippen LogP contribution in [0.1, 0.15) is 22.6 Å². The van der Waals surface area contributed by atoms with Crippen molar-refractivity contribution < 1.29 is 0 Å². The summed E-state index contributed by atoms with van der Waals surface area (Å²) in [4.78, 5) is 0. The Balaban J connectivity index is 2.22. The molecular weight excluding hydrogens is 334 g/mol. The van der Waals surface area contributed by atoms with Crippen LogP contribution >= 0.6 is 27.5 Å². The van der Waals surface area contributed by atoms with E-state index < -0.39 is 0 Å². The van der Waals surface area contributed by atoms with Crippen molar-refractivity contribution in [3.8, 4) is 0 Å². The Morgan fingerprint density at radius 1 is 1.15 bits per heavy atom. The van der Waals surface area contributed by atoms with E-state index in [9.17, 15) is 0 Å². The van der Waals surface area contributed by atoms with Crippen LogP contribution in [0.25, 0.3) is 0 Å². The molecule has 2 aromatic rings. The Labute approximate surface area is 134 Å². The van der Waals surface area contributed by atoms with Crippen LogP contribution in [0.2, 0.25) is 5.02 Å². The maximum Gasteiger partial charge on any atom is 0.0449 e. The van der Waals surface area contributed by atoms with E-state index in [0.717, 1.165) is 22.5 Å². The monoisotopic (exact) mass is 351 g/mol. The van der Waals surface area contributed by atoms with Crippen molar-refractivity contribution in [3.63, 3.8) is 0 Å². The summed E-state index contributed by atoms with van der Waals surface area (Å²) in [6, 6.07) is 14.9. The number of likely N-dealkylation sites (N-methyl/N-ethyl adjacent to an activating group) is 1. The normalized spacial score (nSPS) is 12.4. The van der Waals surface area contributed by atoms with Crippen LogP contribution in [0.4, 0.5) is 0 Å². The quantitative estimate of drug-likeness (QED) is 0.802. The molecule has 0 aliphatic rings. The standard InChI is InChI=1S/C17H19BrClN/c1-12-3-5-13(6-4-12)15(11-20-2)9-14-7-8-16(18)10-17(14)19/h3-8,10,15,20H,9,11H2,1-2H3. The molecule has 106 valence electrons. The van der Waals surface area contributed by atoms with Gasteiger partial charge in [0, 0.05) is 22.0 Å². The first kappa shape index (κ1) is 15.6. The number of rotatable bonds is 5. The van der Waals surface area contributed by atoms with Crippen LogP contribution < -0.4 is 5.32 Å². The van der Waals surface area contributed by atoms with Crippen LogP contribution in [0.3, 0.4) is 0 Å². The molecule has 0 aliphatic heterocycles. The zero-order valence-electron chi connectivity index (χ0n) is 11.8. The molecule has 0 heterocycles. The minimum absolute atomic E-state index is 0.430. The SMILES string of the molecule is CNCC(Cc1ccc(Br)cc1Cl)c1ccc(C)cc1. The topological polar surface area (TPSA) is 12.0 Å². The van der Waals surface area contributed by atoms with Crippen LogP contribution in [0, 0.1) is 6.92 Å². The highest BCUT2D eigenvalue weighted by atomic mass is 79.9. The predicted molar refractivity (Wildman–Crippen MR) is 90.7 cm³/mol. The minimum Gasteiger partial charge on any atom is -0.319 e. The van der Waals surface area contributed by atoms with Gasteiger partial charge in [-0.3, -0.25) is 0 Å². The first-order chi connectivity index (χ1) is 9.60. The van der Waals surface area contributed by atoms with E-state index in [0.29, 0.717) is 5.92 Å². The summed E-state index contributed by atoms with van der Waals surface area (Å²) in [6.45, 7) is 3.05. The highest BCUT2D eigenvalue weighted by Gasteiger charge is 2.13. The van der Waals surface area contributed by atoms with E-state index in [1.165, 1.54) is 16.7 Å². The van der Waals surface area contributed by atoms with Crippen LogP contribution in [0.15, 0.2) is 46.9 Å². The molecule has 3 heteroatoms. The lowest BCUT2D eigenvalue weighted by atomic mass is 9.91. The molecule has 20 heavy (non-hydrogen) atoms. The van der Waals surface area contributed by atoms with E-state index >= 15 is 0 Å². The van der Waals surface area contributed by atoms with Gasteiger partial charge in [0.05, 0.1) is 0 Å². The Kier molecular flexibility index (Phi) is 5.64. The number of aryl methyl sites for hydroxylation is 1. The molecule has 1 atom stereocenters. The fourth-order valence-corrected chi connectivity index (χ4v) is 3.10. The van der Waals surface area contributed by atoms with Gasteiger partial charge < -0.3 is 5.32 Å². The zero-order valence-corrected chi connectivity index (χ0v) is 14.1. The second-order valence-corrected chi connectivity index (χ2v) is 6.43. The zero-order chi connectivity index (χ0) is 14.5. The third kappa shape index (κ3) is 4.08. The smallest absolute Gasteiger partial charge is 0.0449 e. The molecule has 0 aliphatic carbocycles. The van der Waals surface area contributed by atoms with Gasteiger partial charge in [-0.05, 0) is 43.7 Å². The van der Waals surface area contributed by atoms with E-state index in [2.05, 4.69) is 58.5 Å². The summed E-state index contributed by atoms with van der Waals surface area (Å²) in [5, 5.41) is 4.11. The van der Waals surface area contributed by atoms with Gasteiger partial charge in [0.15, 0.2) is 0 Å². The fraction of sp³-hybridized carbons (Fsp3) is 0.294. The van der Waals surface area contributed by atoms with Crippen molar-refractivity contribution in [2.45, 2.75) is 19.3 Å². The Hall–Kier alpha value is -0.830. The molecule has 1 unspecified atom stereocenters. The third-order valence-electron chi connectivity index (χ3n) is 3.48. The summed E-state index contributed by atoms with van der Waals surface area (Å²) < 4.78 is 1.02. The van der Waals surface area contributed by atoms with Gasteiger partial charge in [-0.2, -0.15) is 0 Å². The number of benzene rings is 2. The maximum absolute atomic E-state index is 6.34. The van der Waals surface area contributed by atoms with Gasteiger partial charge in [-0.1, -0.05) is 63.4 Å². The lowest BCUT2D eigenvalue weighted by Gasteiger charge is -2.18. The highest BCUT2D eigenvalue weighted by Crippen LogP contribution is 2.27. The number of halogens is 2. The fourth-order valence-electron chi connectivity index (χ4n) is 2.35. The lowest BCUT2D eigenvalue weighted by molar-refractivity contribution is 0.625. The summed E-state index contributed by atoms with van der Waals surface area (Å²) in [5.41, 5.74) is 3.83. The molecule has 0 saturated heterocycles. The first-order valence-electron chi connectivity index (χ1n) is 6.75. The van der Waals surface area contributed by atoms with Crippen molar-refractivity contribution in [2.24, 2.45) is 0 Å². The van der Waals surface area contributed by atoms with Crippen molar-refractivity contribution in [1.82, 2.24) is 5.32 Å². The number of hydrogen-bond acceptors (Lipinski definition) is 1. The Morgan fingerprint density at radius 2 is 1.85 bits per heavy atom. The molecule has 0 radical (unpaired) electrons. The van der Waals surface area contributed by atoms with Crippen LogP contribution in [-0.4, -0.2) is 13.6 Å². The van der Waals surface area contributed by atoms with E-state index in [1.807, 2.05) is 19.2 Å². The summed E-state index contributed by atoms with van der Waals surface area (Å²) >= 11 is 9.79. The van der Waals surface area contributed by atoms with E-state index in [-0.39, 0.29) is 0 Å². The van der Waals surface area contributed by atoms with Gasteiger partial charge in [0.25, 0.3) is 0 Å². The first-order valence-corrected chi connectivity index (χ1v) is 7.92. The predicted octanol–water partition coefficient (Wildman–Crippen LogP) is 4.96. The van der Waals surface area contributed by atoms with E-state index in [4.69, 9.17) is 11.6 Å². The largest absolute Gasteiger partial charge is 0.319 e. The van der Waals surface area contributed by atoms with E-state index in [1.54, 1.807) is 0 Å². The molecular formula is C17H19BrClN. The van der Waals surface area contributed by atoms with Gasteiger partial charge in [0.1, 0.15) is 0 Å². The molecule has 0 aromatic heterocycles. The molecule has 2 rings (SSSR count). The van der Waals surface area contributed by atoms with Crippen molar-refractivity contribution >= 4 is 27.5 Å². The molecule has 0 saturated carbocycles. The Bertz CT molecular complexity index is 566. The van der Waals surface area contributed by atoms with Crippen molar-refractivity contribution in [3.05, 3.63) is 68.7 Å². The van der Waals surface area contributed by atoms with Gasteiger partial charge >= 0.3 is 0 Å². The highest BCUT2D eigenvalue weighted by molar-refractivity contribution is 9.10. The molecule has 0 fully saturated rings. The molecule has 2 aromatic carbocycles. The average molecular weight is 353 g/mol. The lowest BCUT2D eigenvalue weighted by Crippen LogP contribution is -2.19. The van der Waals surface area contributed by atoms with Crippen molar-refractivity contribution in [1.29, 1.82) is 0 Å². The maximum atomic E-state index is 6.34. The molecule has 1 N–H and O–H groups in total. The molecule has 0 spiro atoms.